The highest BCUT2D eigenvalue weighted by Gasteiger charge is 2.22. The van der Waals surface area contributed by atoms with Crippen LogP contribution in [0.2, 0.25) is 5.02 Å². The predicted molar refractivity (Wildman–Crippen MR) is 62.9 cm³/mol. The quantitative estimate of drug-likeness (QED) is 0.853. The zero-order valence-corrected chi connectivity index (χ0v) is 9.90. The molecule has 1 aromatic rings. The van der Waals surface area contributed by atoms with Crippen LogP contribution in [0.15, 0.2) is 12.1 Å². The molecule has 2 rings (SSSR count). The van der Waals surface area contributed by atoms with Gasteiger partial charge in [0.15, 0.2) is 0 Å². The van der Waals surface area contributed by atoms with Gasteiger partial charge in [0.05, 0.1) is 5.02 Å². The number of ether oxygens (including phenoxy) is 1. The molecule has 0 fully saturated rings. The Bertz CT molecular complexity index is 365. The van der Waals surface area contributed by atoms with Crippen LogP contribution >= 0.6 is 11.6 Å². The van der Waals surface area contributed by atoms with Gasteiger partial charge in [-0.3, -0.25) is 0 Å². The Morgan fingerprint density at radius 3 is 3.07 bits per heavy atom. The van der Waals surface area contributed by atoms with Gasteiger partial charge < -0.3 is 10.1 Å². The zero-order valence-electron chi connectivity index (χ0n) is 9.14. The summed E-state index contributed by atoms with van der Waals surface area (Å²) < 4.78 is 5.65. The number of fused-ring (bicyclic) bond motifs is 1. The summed E-state index contributed by atoms with van der Waals surface area (Å²) in [7, 11) is 1.96. The number of rotatable bonds is 3. The van der Waals surface area contributed by atoms with Crippen molar-refractivity contribution in [1.82, 2.24) is 5.32 Å². The van der Waals surface area contributed by atoms with Crippen LogP contribution < -0.4 is 10.1 Å². The van der Waals surface area contributed by atoms with Gasteiger partial charge in [-0.1, -0.05) is 17.7 Å². The van der Waals surface area contributed by atoms with Crippen molar-refractivity contribution in [3.63, 3.8) is 0 Å². The van der Waals surface area contributed by atoms with Gasteiger partial charge >= 0.3 is 0 Å². The topological polar surface area (TPSA) is 21.3 Å². The summed E-state index contributed by atoms with van der Waals surface area (Å²) in [4.78, 5) is 0. The first-order valence-corrected chi connectivity index (χ1v) is 5.71. The average molecular weight is 226 g/mol. The first-order valence-electron chi connectivity index (χ1n) is 5.33. The molecule has 0 bridgehead atoms. The van der Waals surface area contributed by atoms with E-state index in [2.05, 4.69) is 18.3 Å². The molecule has 15 heavy (non-hydrogen) atoms. The molecule has 1 unspecified atom stereocenters. The molecule has 3 heteroatoms. The van der Waals surface area contributed by atoms with Gasteiger partial charge in [0.2, 0.25) is 0 Å². The van der Waals surface area contributed by atoms with Crippen molar-refractivity contribution in [2.75, 3.05) is 13.6 Å². The third-order valence-corrected chi connectivity index (χ3v) is 2.95. The van der Waals surface area contributed by atoms with Crippen LogP contribution in [-0.4, -0.2) is 19.7 Å². The molecule has 1 N–H and O–H groups in total. The molecule has 0 amide bonds. The van der Waals surface area contributed by atoms with E-state index in [9.17, 15) is 0 Å². The lowest BCUT2D eigenvalue weighted by molar-refractivity contribution is 0.255. The molecule has 0 radical (unpaired) electrons. The van der Waals surface area contributed by atoms with Crippen LogP contribution in [0.3, 0.4) is 0 Å². The lowest BCUT2D eigenvalue weighted by Gasteiger charge is -2.07. The summed E-state index contributed by atoms with van der Waals surface area (Å²) in [5, 5.41) is 3.89. The van der Waals surface area contributed by atoms with Gasteiger partial charge in [-0.2, -0.15) is 0 Å². The third-order valence-electron chi connectivity index (χ3n) is 2.67. The third kappa shape index (κ3) is 2.27. The molecule has 0 aliphatic carbocycles. The Balaban J connectivity index is 2.23. The molecule has 2 nitrogen and oxygen atoms in total. The minimum Gasteiger partial charge on any atom is -0.489 e. The first kappa shape index (κ1) is 10.8. The number of nitrogens with one attached hydrogen (secondary N) is 1. The van der Waals surface area contributed by atoms with Crippen molar-refractivity contribution in [3.05, 3.63) is 28.3 Å². The van der Waals surface area contributed by atoms with E-state index in [1.54, 1.807) is 0 Å². The maximum atomic E-state index is 6.17. The van der Waals surface area contributed by atoms with Gasteiger partial charge in [0.1, 0.15) is 11.9 Å². The Kier molecular flexibility index (Phi) is 3.17. The minimum atomic E-state index is 0.261. The number of halogens is 1. The standard InChI is InChI=1S/C12H16ClNO/c1-8-5-10-6-9(3-4-14-2)7-11(13)12(10)15-8/h6-8,14H,3-5H2,1-2H3. The second-order valence-corrected chi connectivity index (χ2v) is 4.46. The average Bonchev–Trinajstić information content (AvgIpc) is 2.56. The number of hydrogen-bond donors (Lipinski definition) is 1. The van der Waals surface area contributed by atoms with Crippen LogP contribution in [-0.2, 0) is 12.8 Å². The fourth-order valence-electron chi connectivity index (χ4n) is 1.96. The van der Waals surface area contributed by atoms with Gasteiger partial charge in [0.25, 0.3) is 0 Å². The summed E-state index contributed by atoms with van der Waals surface area (Å²) in [5.41, 5.74) is 2.53. The summed E-state index contributed by atoms with van der Waals surface area (Å²) in [6.45, 7) is 3.05. The SMILES string of the molecule is CNCCc1cc(Cl)c2c(c1)CC(C)O2. The van der Waals surface area contributed by atoms with Crippen molar-refractivity contribution in [1.29, 1.82) is 0 Å². The van der Waals surface area contributed by atoms with Crippen LogP contribution in [0.4, 0.5) is 0 Å². The lowest BCUT2D eigenvalue weighted by Crippen LogP contribution is -2.10. The Morgan fingerprint density at radius 2 is 2.33 bits per heavy atom. The van der Waals surface area contributed by atoms with E-state index in [1.807, 2.05) is 13.1 Å². The van der Waals surface area contributed by atoms with E-state index in [0.717, 1.165) is 30.2 Å². The highest BCUT2D eigenvalue weighted by atomic mass is 35.5. The lowest BCUT2D eigenvalue weighted by atomic mass is 10.0. The van der Waals surface area contributed by atoms with Crippen LogP contribution in [0.5, 0.6) is 5.75 Å². The molecule has 1 heterocycles. The van der Waals surface area contributed by atoms with Gasteiger partial charge in [-0.05, 0) is 44.1 Å². The van der Waals surface area contributed by atoms with E-state index in [1.165, 1.54) is 11.1 Å². The molecule has 1 aliphatic rings. The van der Waals surface area contributed by atoms with E-state index in [4.69, 9.17) is 16.3 Å². The molecule has 82 valence electrons. The molecule has 0 aromatic heterocycles. The van der Waals surface area contributed by atoms with Crippen LogP contribution in [0.1, 0.15) is 18.1 Å². The molecular weight excluding hydrogens is 210 g/mol. The minimum absolute atomic E-state index is 0.261. The highest BCUT2D eigenvalue weighted by molar-refractivity contribution is 6.32. The summed E-state index contributed by atoms with van der Waals surface area (Å²) in [6, 6.07) is 4.22. The molecule has 1 atom stereocenters. The Hall–Kier alpha value is -0.730. The molecule has 0 spiro atoms. The Labute approximate surface area is 95.6 Å². The molecule has 0 saturated carbocycles. The first-order chi connectivity index (χ1) is 7.20. The van der Waals surface area contributed by atoms with Crippen molar-refractivity contribution in [2.24, 2.45) is 0 Å². The smallest absolute Gasteiger partial charge is 0.141 e. The van der Waals surface area contributed by atoms with Gasteiger partial charge in [-0.25, -0.2) is 0 Å². The molecule has 1 aliphatic heterocycles. The predicted octanol–water partition coefficient (Wildman–Crippen LogP) is 2.43. The van der Waals surface area contributed by atoms with Crippen molar-refractivity contribution < 1.29 is 4.74 Å². The number of likely N-dealkylation sites (N-methyl/N-ethyl adjacent to an activating group) is 1. The number of hydrogen-bond acceptors (Lipinski definition) is 2. The van der Waals surface area contributed by atoms with Crippen LogP contribution in [0.25, 0.3) is 0 Å². The van der Waals surface area contributed by atoms with E-state index in [0.29, 0.717) is 0 Å². The molecular formula is C12H16ClNO. The second kappa shape index (κ2) is 4.42. The second-order valence-electron chi connectivity index (χ2n) is 4.05. The fourth-order valence-corrected chi connectivity index (χ4v) is 2.27. The maximum Gasteiger partial charge on any atom is 0.141 e. The van der Waals surface area contributed by atoms with E-state index in [-0.39, 0.29) is 6.10 Å². The molecule has 1 aromatic carbocycles. The maximum absolute atomic E-state index is 6.17. The summed E-state index contributed by atoms with van der Waals surface area (Å²) >= 11 is 6.17. The van der Waals surface area contributed by atoms with Crippen molar-refractivity contribution in [3.8, 4) is 5.75 Å². The largest absolute Gasteiger partial charge is 0.489 e. The molecule has 0 saturated heterocycles. The summed E-state index contributed by atoms with van der Waals surface area (Å²) in [6.07, 6.45) is 2.25. The van der Waals surface area contributed by atoms with E-state index < -0.39 is 0 Å². The number of benzene rings is 1. The van der Waals surface area contributed by atoms with Gasteiger partial charge in [-0.15, -0.1) is 0 Å². The monoisotopic (exact) mass is 225 g/mol. The summed E-state index contributed by atoms with van der Waals surface area (Å²) in [5.74, 6) is 0.886. The van der Waals surface area contributed by atoms with Gasteiger partial charge in [0, 0.05) is 6.42 Å². The van der Waals surface area contributed by atoms with Crippen LogP contribution in [0, 0.1) is 0 Å². The normalized spacial score (nSPS) is 18.7. The van der Waals surface area contributed by atoms with Crippen molar-refractivity contribution >= 4 is 11.6 Å². The zero-order chi connectivity index (χ0) is 10.8. The Morgan fingerprint density at radius 1 is 1.53 bits per heavy atom. The highest BCUT2D eigenvalue weighted by Crippen LogP contribution is 2.36. The fraction of sp³-hybridized carbons (Fsp3) is 0.500. The van der Waals surface area contributed by atoms with Crippen molar-refractivity contribution in [2.45, 2.75) is 25.9 Å². The van der Waals surface area contributed by atoms with E-state index >= 15 is 0 Å².